The van der Waals surface area contributed by atoms with E-state index in [9.17, 15) is 0 Å². The third-order valence-corrected chi connectivity index (χ3v) is 2.06. The Labute approximate surface area is 90.7 Å². The van der Waals surface area contributed by atoms with Gasteiger partial charge in [-0.05, 0) is 12.1 Å². The fraction of sp³-hybridized carbons (Fsp3) is 0.167. The predicted molar refractivity (Wildman–Crippen MR) is 65.3 cm³/mol. The Hall–Kier alpha value is -1.74. The molecule has 4 N–H and O–H groups in total. The summed E-state index contributed by atoms with van der Waals surface area (Å²) in [6.07, 6.45) is 1.42. The minimum absolute atomic E-state index is 0.257. The molecular formula is C12H17N3. The quantitative estimate of drug-likeness (QED) is 0.562. The number of hydrogen-bond donors (Lipinski definition) is 2. The summed E-state index contributed by atoms with van der Waals surface area (Å²) in [4.78, 5) is 1.94. The van der Waals surface area contributed by atoms with Crippen molar-refractivity contribution in [1.29, 1.82) is 0 Å². The summed E-state index contributed by atoms with van der Waals surface area (Å²) in [5, 5.41) is 0. The standard InChI is InChI=1S/C12H17N3/c1-3-12(14)15(9-10(2)13)11-7-5-4-6-8-11/h3-8,12H,1-2,9,13-14H2. The van der Waals surface area contributed by atoms with Gasteiger partial charge in [-0.25, -0.2) is 0 Å². The fourth-order valence-electron chi connectivity index (χ4n) is 1.33. The molecule has 0 saturated carbocycles. The first kappa shape index (κ1) is 11.3. The minimum Gasteiger partial charge on any atom is -0.401 e. The number of nitrogens with two attached hydrogens (primary N) is 2. The van der Waals surface area contributed by atoms with Gasteiger partial charge in [0.05, 0.1) is 12.7 Å². The highest BCUT2D eigenvalue weighted by Gasteiger charge is 2.11. The van der Waals surface area contributed by atoms with Crippen LogP contribution in [0.1, 0.15) is 0 Å². The van der Waals surface area contributed by atoms with Gasteiger partial charge in [-0.3, -0.25) is 0 Å². The molecule has 0 saturated heterocycles. The van der Waals surface area contributed by atoms with Crippen molar-refractivity contribution in [2.24, 2.45) is 11.5 Å². The molecule has 1 aromatic rings. The van der Waals surface area contributed by atoms with Crippen molar-refractivity contribution in [2.45, 2.75) is 6.17 Å². The van der Waals surface area contributed by atoms with Crippen LogP contribution in [-0.4, -0.2) is 12.7 Å². The molecular weight excluding hydrogens is 186 g/mol. The smallest absolute Gasteiger partial charge is 0.0963 e. The van der Waals surface area contributed by atoms with E-state index in [4.69, 9.17) is 11.5 Å². The van der Waals surface area contributed by atoms with Crippen LogP contribution in [0.3, 0.4) is 0 Å². The molecule has 3 nitrogen and oxygen atoms in total. The van der Waals surface area contributed by atoms with Crippen LogP contribution in [0.15, 0.2) is 55.3 Å². The lowest BCUT2D eigenvalue weighted by Crippen LogP contribution is -2.42. The van der Waals surface area contributed by atoms with E-state index in [1.54, 1.807) is 6.08 Å². The highest BCUT2D eigenvalue weighted by molar-refractivity contribution is 5.48. The van der Waals surface area contributed by atoms with Gasteiger partial charge in [0.15, 0.2) is 0 Å². The number of nitrogens with zero attached hydrogens (tertiary/aromatic N) is 1. The summed E-state index contributed by atoms with van der Waals surface area (Å²) < 4.78 is 0. The second-order valence-corrected chi connectivity index (χ2v) is 3.35. The van der Waals surface area contributed by atoms with Crippen molar-refractivity contribution in [2.75, 3.05) is 11.4 Å². The third kappa shape index (κ3) is 3.14. The van der Waals surface area contributed by atoms with E-state index in [1.807, 2.05) is 35.2 Å². The number of rotatable bonds is 5. The van der Waals surface area contributed by atoms with E-state index in [-0.39, 0.29) is 6.17 Å². The Bertz CT molecular complexity index is 332. The first-order valence-corrected chi connectivity index (χ1v) is 4.78. The van der Waals surface area contributed by atoms with Crippen LogP contribution in [0.4, 0.5) is 5.69 Å². The van der Waals surface area contributed by atoms with Gasteiger partial charge in [0.25, 0.3) is 0 Å². The molecule has 0 fully saturated rings. The lowest BCUT2D eigenvalue weighted by molar-refractivity contribution is 0.739. The molecule has 0 heterocycles. The van der Waals surface area contributed by atoms with Crippen LogP contribution in [0, 0.1) is 0 Å². The maximum Gasteiger partial charge on any atom is 0.0963 e. The molecule has 1 atom stereocenters. The predicted octanol–water partition coefficient (Wildman–Crippen LogP) is 1.44. The van der Waals surface area contributed by atoms with Crippen LogP contribution in [-0.2, 0) is 0 Å². The van der Waals surface area contributed by atoms with Crippen molar-refractivity contribution in [3.8, 4) is 0 Å². The van der Waals surface area contributed by atoms with E-state index >= 15 is 0 Å². The topological polar surface area (TPSA) is 55.3 Å². The molecule has 0 radical (unpaired) electrons. The van der Waals surface area contributed by atoms with Gasteiger partial charge < -0.3 is 16.4 Å². The van der Waals surface area contributed by atoms with E-state index in [0.717, 1.165) is 5.69 Å². The van der Waals surface area contributed by atoms with Crippen molar-refractivity contribution in [3.63, 3.8) is 0 Å². The van der Waals surface area contributed by atoms with E-state index < -0.39 is 0 Å². The summed E-state index contributed by atoms with van der Waals surface area (Å²) >= 11 is 0. The largest absolute Gasteiger partial charge is 0.401 e. The molecule has 0 spiro atoms. The molecule has 1 rings (SSSR count). The molecule has 0 aliphatic heterocycles. The van der Waals surface area contributed by atoms with E-state index in [1.165, 1.54) is 0 Å². The van der Waals surface area contributed by atoms with Gasteiger partial charge in [-0.1, -0.05) is 37.4 Å². The van der Waals surface area contributed by atoms with Crippen molar-refractivity contribution in [1.82, 2.24) is 0 Å². The van der Waals surface area contributed by atoms with E-state index in [0.29, 0.717) is 12.2 Å². The van der Waals surface area contributed by atoms with Crippen molar-refractivity contribution >= 4 is 5.69 Å². The number of anilines is 1. The number of hydrogen-bond acceptors (Lipinski definition) is 3. The number of benzene rings is 1. The lowest BCUT2D eigenvalue weighted by Gasteiger charge is -2.29. The summed E-state index contributed by atoms with van der Waals surface area (Å²) in [6.45, 7) is 7.89. The Morgan fingerprint density at radius 1 is 1.40 bits per heavy atom. The molecule has 0 aliphatic rings. The van der Waals surface area contributed by atoms with Crippen LogP contribution in [0.25, 0.3) is 0 Å². The molecule has 0 aliphatic carbocycles. The average molecular weight is 203 g/mol. The highest BCUT2D eigenvalue weighted by Crippen LogP contribution is 2.15. The second kappa shape index (κ2) is 5.22. The molecule has 3 heteroatoms. The highest BCUT2D eigenvalue weighted by atomic mass is 15.2. The SMILES string of the molecule is C=CC(N)N(CC(=C)N)c1ccccc1. The van der Waals surface area contributed by atoms with Crippen LogP contribution in [0.2, 0.25) is 0 Å². The molecule has 1 unspecified atom stereocenters. The number of para-hydroxylation sites is 1. The van der Waals surface area contributed by atoms with Gasteiger partial charge in [0, 0.05) is 11.4 Å². The summed E-state index contributed by atoms with van der Waals surface area (Å²) in [5.41, 5.74) is 13.1. The summed E-state index contributed by atoms with van der Waals surface area (Å²) in [6, 6.07) is 9.83. The van der Waals surface area contributed by atoms with Gasteiger partial charge in [0.2, 0.25) is 0 Å². The third-order valence-electron chi connectivity index (χ3n) is 2.06. The fourth-order valence-corrected chi connectivity index (χ4v) is 1.33. The molecule has 0 aromatic heterocycles. The second-order valence-electron chi connectivity index (χ2n) is 3.35. The molecule has 0 amide bonds. The molecule has 15 heavy (non-hydrogen) atoms. The molecule has 1 aromatic carbocycles. The monoisotopic (exact) mass is 203 g/mol. The summed E-state index contributed by atoms with van der Waals surface area (Å²) in [5.74, 6) is 0. The van der Waals surface area contributed by atoms with Crippen LogP contribution in [0.5, 0.6) is 0 Å². The summed E-state index contributed by atoms with van der Waals surface area (Å²) in [7, 11) is 0. The zero-order valence-corrected chi connectivity index (χ0v) is 8.76. The van der Waals surface area contributed by atoms with Gasteiger partial charge >= 0.3 is 0 Å². The zero-order valence-electron chi connectivity index (χ0n) is 8.76. The van der Waals surface area contributed by atoms with Gasteiger partial charge in [-0.2, -0.15) is 0 Å². The maximum absolute atomic E-state index is 5.91. The average Bonchev–Trinajstić information content (AvgIpc) is 2.26. The maximum atomic E-state index is 5.91. The Morgan fingerprint density at radius 2 is 2.00 bits per heavy atom. The Morgan fingerprint density at radius 3 is 2.47 bits per heavy atom. The minimum atomic E-state index is -0.257. The normalized spacial score (nSPS) is 11.8. The first-order valence-electron chi connectivity index (χ1n) is 4.78. The molecule has 80 valence electrons. The van der Waals surface area contributed by atoms with Crippen LogP contribution < -0.4 is 16.4 Å². The molecule has 0 bridgehead atoms. The first-order chi connectivity index (χ1) is 7.15. The van der Waals surface area contributed by atoms with Crippen molar-refractivity contribution in [3.05, 3.63) is 55.3 Å². The van der Waals surface area contributed by atoms with Gasteiger partial charge in [-0.15, -0.1) is 0 Å². The van der Waals surface area contributed by atoms with E-state index in [2.05, 4.69) is 13.2 Å². The Balaban J connectivity index is 2.90. The van der Waals surface area contributed by atoms with Gasteiger partial charge in [0.1, 0.15) is 0 Å². The lowest BCUT2D eigenvalue weighted by atomic mass is 10.2. The van der Waals surface area contributed by atoms with Crippen molar-refractivity contribution < 1.29 is 0 Å². The van der Waals surface area contributed by atoms with Crippen LogP contribution >= 0.6 is 0 Å². The Kier molecular flexibility index (Phi) is 3.94. The zero-order chi connectivity index (χ0) is 11.3.